The van der Waals surface area contributed by atoms with Gasteiger partial charge in [0.1, 0.15) is 11.4 Å². The molecule has 1 unspecified atom stereocenters. The number of amides is 1. The number of carbonyl (C=O) groups is 2. The van der Waals surface area contributed by atoms with Crippen LogP contribution >= 0.6 is 15.9 Å². The molecule has 0 fully saturated rings. The summed E-state index contributed by atoms with van der Waals surface area (Å²) in [6, 6.07) is 9.40. The number of hydrogen-bond acceptors (Lipinski definition) is 4. The van der Waals surface area contributed by atoms with Gasteiger partial charge in [0.05, 0.1) is 7.11 Å². The van der Waals surface area contributed by atoms with E-state index >= 15 is 0 Å². The average molecular weight is 330 g/mol. The first-order valence-electron chi connectivity index (χ1n) is 5.80. The van der Waals surface area contributed by atoms with Crippen molar-refractivity contribution < 1.29 is 19.1 Å². The van der Waals surface area contributed by atoms with Crippen LogP contribution in [0.25, 0.3) is 0 Å². The first-order valence-corrected chi connectivity index (χ1v) is 6.71. The first kappa shape index (κ1) is 15.5. The van der Waals surface area contributed by atoms with Crippen LogP contribution in [-0.2, 0) is 20.9 Å². The molecule has 0 saturated heterocycles. The van der Waals surface area contributed by atoms with Crippen molar-refractivity contribution >= 4 is 28.0 Å². The molecule has 0 aliphatic carbocycles. The van der Waals surface area contributed by atoms with E-state index in [1.54, 1.807) is 0 Å². The Balaban J connectivity index is 2.16. The molecular formula is C13H16BrNO4. The van der Waals surface area contributed by atoms with Crippen LogP contribution in [0.1, 0.15) is 12.0 Å². The van der Waals surface area contributed by atoms with Crippen LogP contribution in [0.15, 0.2) is 30.3 Å². The Kier molecular flexibility index (Phi) is 6.95. The number of rotatable bonds is 6. The van der Waals surface area contributed by atoms with E-state index in [0.717, 1.165) is 5.56 Å². The highest BCUT2D eigenvalue weighted by atomic mass is 79.9. The molecule has 1 N–H and O–H groups in total. The number of esters is 1. The van der Waals surface area contributed by atoms with Gasteiger partial charge in [0.15, 0.2) is 0 Å². The summed E-state index contributed by atoms with van der Waals surface area (Å²) >= 11 is 3.16. The molecule has 0 radical (unpaired) electrons. The summed E-state index contributed by atoms with van der Waals surface area (Å²) in [6.45, 7) is 0.556. The third-order valence-electron chi connectivity index (χ3n) is 2.34. The largest absolute Gasteiger partial charge is 0.468 e. The average Bonchev–Trinajstić information content (AvgIpc) is 2.45. The molecular weight excluding hydrogens is 314 g/mol. The highest BCUT2D eigenvalue weighted by molar-refractivity contribution is 9.10. The SMILES string of the molecule is COC(=O)C(Br)CCNC(=O)OCc1ccccc1. The van der Waals surface area contributed by atoms with Gasteiger partial charge >= 0.3 is 12.1 Å². The molecule has 0 heterocycles. The number of alkyl carbamates (subject to hydrolysis) is 1. The molecule has 0 saturated carbocycles. The maximum atomic E-state index is 11.4. The van der Waals surface area contributed by atoms with Gasteiger partial charge in [-0.1, -0.05) is 46.3 Å². The third kappa shape index (κ3) is 6.24. The van der Waals surface area contributed by atoms with Crippen LogP contribution in [0, 0.1) is 0 Å². The van der Waals surface area contributed by atoms with E-state index in [1.165, 1.54) is 7.11 Å². The lowest BCUT2D eigenvalue weighted by Gasteiger charge is -2.09. The van der Waals surface area contributed by atoms with E-state index in [-0.39, 0.29) is 12.6 Å². The number of carbonyl (C=O) groups excluding carboxylic acids is 2. The summed E-state index contributed by atoms with van der Waals surface area (Å²) in [7, 11) is 1.32. The fraction of sp³-hybridized carbons (Fsp3) is 0.385. The predicted molar refractivity (Wildman–Crippen MR) is 74.0 cm³/mol. The summed E-state index contributed by atoms with van der Waals surface area (Å²) < 4.78 is 9.56. The van der Waals surface area contributed by atoms with Crippen LogP contribution in [0.5, 0.6) is 0 Å². The third-order valence-corrected chi connectivity index (χ3v) is 3.17. The van der Waals surface area contributed by atoms with Crippen molar-refractivity contribution in [2.24, 2.45) is 0 Å². The van der Waals surface area contributed by atoms with Gasteiger partial charge in [0.2, 0.25) is 0 Å². The smallest absolute Gasteiger partial charge is 0.407 e. The lowest BCUT2D eigenvalue weighted by atomic mass is 10.2. The van der Waals surface area contributed by atoms with Crippen molar-refractivity contribution in [2.75, 3.05) is 13.7 Å². The van der Waals surface area contributed by atoms with Gasteiger partial charge in [-0.3, -0.25) is 4.79 Å². The van der Waals surface area contributed by atoms with E-state index in [1.807, 2.05) is 30.3 Å². The highest BCUT2D eigenvalue weighted by Crippen LogP contribution is 2.06. The lowest BCUT2D eigenvalue weighted by molar-refractivity contribution is -0.139. The quantitative estimate of drug-likeness (QED) is 0.642. The minimum absolute atomic E-state index is 0.224. The van der Waals surface area contributed by atoms with Gasteiger partial charge < -0.3 is 14.8 Å². The Hall–Kier alpha value is -1.56. The number of alkyl halides is 1. The summed E-state index contributed by atoms with van der Waals surface area (Å²) in [6.07, 6.45) is -0.0685. The Morgan fingerprint density at radius 2 is 2.00 bits per heavy atom. The normalized spacial score (nSPS) is 11.5. The molecule has 104 valence electrons. The first-order chi connectivity index (χ1) is 9.13. The van der Waals surface area contributed by atoms with Crippen molar-refractivity contribution in [3.8, 4) is 0 Å². The van der Waals surface area contributed by atoms with E-state index in [0.29, 0.717) is 13.0 Å². The van der Waals surface area contributed by atoms with Crippen molar-refractivity contribution in [3.05, 3.63) is 35.9 Å². The molecule has 1 amide bonds. The number of nitrogens with one attached hydrogen (secondary N) is 1. The lowest BCUT2D eigenvalue weighted by Crippen LogP contribution is -2.28. The minimum atomic E-state index is -0.506. The van der Waals surface area contributed by atoms with Crippen molar-refractivity contribution in [1.29, 1.82) is 0 Å². The number of methoxy groups -OCH3 is 1. The van der Waals surface area contributed by atoms with Crippen LogP contribution in [0.3, 0.4) is 0 Å². The van der Waals surface area contributed by atoms with Gasteiger partial charge in [-0.2, -0.15) is 0 Å². The van der Waals surface area contributed by atoms with Crippen molar-refractivity contribution in [3.63, 3.8) is 0 Å². The van der Waals surface area contributed by atoms with E-state index in [4.69, 9.17) is 4.74 Å². The van der Waals surface area contributed by atoms with E-state index in [9.17, 15) is 9.59 Å². The van der Waals surface area contributed by atoms with Crippen LogP contribution in [-0.4, -0.2) is 30.5 Å². The monoisotopic (exact) mass is 329 g/mol. The number of ether oxygens (including phenoxy) is 2. The van der Waals surface area contributed by atoms with E-state index in [2.05, 4.69) is 26.0 Å². The second-order valence-electron chi connectivity index (χ2n) is 3.77. The Morgan fingerprint density at radius 1 is 1.32 bits per heavy atom. The molecule has 19 heavy (non-hydrogen) atoms. The van der Waals surface area contributed by atoms with Gasteiger partial charge in [0, 0.05) is 6.54 Å². The molecule has 1 atom stereocenters. The maximum Gasteiger partial charge on any atom is 0.407 e. The Morgan fingerprint density at radius 3 is 2.63 bits per heavy atom. The molecule has 5 nitrogen and oxygen atoms in total. The van der Waals surface area contributed by atoms with Crippen LogP contribution in [0.2, 0.25) is 0 Å². The highest BCUT2D eigenvalue weighted by Gasteiger charge is 2.15. The molecule has 0 spiro atoms. The van der Waals surface area contributed by atoms with Gasteiger partial charge in [0.25, 0.3) is 0 Å². The molecule has 1 rings (SSSR count). The summed E-state index contributed by atoms with van der Waals surface area (Å²) in [4.78, 5) is 22.0. The van der Waals surface area contributed by atoms with Crippen LogP contribution < -0.4 is 5.32 Å². The second-order valence-corrected chi connectivity index (χ2v) is 4.87. The predicted octanol–water partition coefficient (Wildman–Crippen LogP) is 2.24. The van der Waals surface area contributed by atoms with Crippen LogP contribution in [0.4, 0.5) is 4.79 Å². The number of hydrogen-bond donors (Lipinski definition) is 1. The zero-order valence-corrected chi connectivity index (χ0v) is 12.2. The van der Waals surface area contributed by atoms with Gasteiger partial charge in [-0.15, -0.1) is 0 Å². The summed E-state index contributed by atoms with van der Waals surface area (Å²) in [5.41, 5.74) is 0.922. The van der Waals surface area contributed by atoms with E-state index < -0.39 is 10.9 Å². The Labute approximate surface area is 120 Å². The summed E-state index contributed by atoms with van der Waals surface area (Å²) in [5, 5.41) is 2.56. The Bertz CT molecular complexity index is 410. The zero-order valence-electron chi connectivity index (χ0n) is 10.6. The molecule has 0 bridgehead atoms. The fourth-order valence-corrected chi connectivity index (χ4v) is 1.74. The second kappa shape index (κ2) is 8.53. The number of benzene rings is 1. The van der Waals surface area contributed by atoms with Crippen molar-refractivity contribution in [2.45, 2.75) is 17.9 Å². The number of halogens is 1. The molecule has 6 heteroatoms. The maximum absolute atomic E-state index is 11.4. The molecule has 0 aromatic heterocycles. The minimum Gasteiger partial charge on any atom is -0.468 e. The molecule has 1 aromatic carbocycles. The molecule has 1 aromatic rings. The standard InChI is InChI=1S/C13H16BrNO4/c1-18-12(16)11(14)7-8-15-13(17)19-9-10-5-3-2-4-6-10/h2-6,11H,7-9H2,1H3,(H,15,17). The van der Waals surface area contributed by atoms with Gasteiger partial charge in [-0.25, -0.2) is 4.79 Å². The van der Waals surface area contributed by atoms with Crippen molar-refractivity contribution in [1.82, 2.24) is 5.32 Å². The molecule has 0 aliphatic heterocycles. The molecule has 0 aliphatic rings. The fourth-order valence-electron chi connectivity index (χ4n) is 1.32. The van der Waals surface area contributed by atoms with Gasteiger partial charge in [-0.05, 0) is 12.0 Å². The topological polar surface area (TPSA) is 64.6 Å². The summed E-state index contributed by atoms with van der Waals surface area (Å²) in [5.74, 6) is -0.362. The zero-order chi connectivity index (χ0) is 14.1.